The van der Waals surface area contributed by atoms with Gasteiger partial charge in [-0.3, -0.25) is 14.6 Å². The molecule has 1 aromatic heterocycles. The number of fused-ring (bicyclic) bond motifs is 1. The molecule has 7 heteroatoms. The van der Waals surface area contributed by atoms with Crippen LogP contribution in [0.15, 0.2) is 66.9 Å². The number of anilines is 1. The summed E-state index contributed by atoms with van der Waals surface area (Å²) in [6.45, 7) is 0.466. The third-order valence-corrected chi connectivity index (χ3v) is 5.11. The molecule has 0 saturated carbocycles. The quantitative estimate of drug-likeness (QED) is 0.402. The number of carbonyl (C=O) groups excluding carboxylic acids is 2. The zero-order valence-electron chi connectivity index (χ0n) is 17.5. The number of nitrogens with zero attached hydrogens (tertiary/aromatic N) is 1. The standard InChI is InChI=1S/C24H29N5O2/c25-14-6-10-20(26)23(30)29-22(13-12-17-7-2-1-3-8-17)24(31)28-19-15-18-9-4-5-11-21(18)27-16-19/h1-5,7-9,11,15-16,20,22H,6,10,12-14,25-26H2,(H,28,31)(H,29,30)/t20-,22?/m1/s1. The summed E-state index contributed by atoms with van der Waals surface area (Å²) < 4.78 is 0. The van der Waals surface area contributed by atoms with E-state index in [0.29, 0.717) is 37.9 Å². The van der Waals surface area contributed by atoms with Crippen molar-refractivity contribution in [2.24, 2.45) is 11.5 Å². The molecule has 7 nitrogen and oxygen atoms in total. The molecule has 6 N–H and O–H groups in total. The Labute approximate surface area is 182 Å². The van der Waals surface area contributed by atoms with Gasteiger partial charge in [0.25, 0.3) is 0 Å². The monoisotopic (exact) mass is 419 g/mol. The highest BCUT2D eigenvalue weighted by atomic mass is 16.2. The van der Waals surface area contributed by atoms with Crippen LogP contribution in [0.3, 0.4) is 0 Å². The zero-order chi connectivity index (χ0) is 22.1. The fourth-order valence-electron chi connectivity index (χ4n) is 3.34. The van der Waals surface area contributed by atoms with Crippen LogP contribution in [0.5, 0.6) is 0 Å². The molecule has 0 aliphatic rings. The summed E-state index contributed by atoms with van der Waals surface area (Å²) in [5.74, 6) is -0.648. The van der Waals surface area contributed by atoms with Crippen LogP contribution in [0.4, 0.5) is 5.69 Å². The van der Waals surface area contributed by atoms with Gasteiger partial charge < -0.3 is 22.1 Å². The molecule has 0 aliphatic heterocycles. The average Bonchev–Trinajstić information content (AvgIpc) is 2.80. The molecule has 1 heterocycles. The van der Waals surface area contributed by atoms with Crippen LogP contribution in [0, 0.1) is 0 Å². The Bertz CT molecular complexity index is 1010. The van der Waals surface area contributed by atoms with Crippen LogP contribution in [0.2, 0.25) is 0 Å². The van der Waals surface area contributed by atoms with Crippen molar-refractivity contribution in [2.45, 2.75) is 37.8 Å². The number of carbonyl (C=O) groups is 2. The van der Waals surface area contributed by atoms with E-state index >= 15 is 0 Å². The van der Waals surface area contributed by atoms with Crippen molar-refractivity contribution in [1.29, 1.82) is 0 Å². The normalized spacial score (nSPS) is 12.8. The zero-order valence-corrected chi connectivity index (χ0v) is 17.5. The maximum absolute atomic E-state index is 13.0. The van der Waals surface area contributed by atoms with Gasteiger partial charge in [-0.1, -0.05) is 48.5 Å². The van der Waals surface area contributed by atoms with Crippen molar-refractivity contribution in [3.63, 3.8) is 0 Å². The van der Waals surface area contributed by atoms with Crippen LogP contribution in [0.1, 0.15) is 24.8 Å². The Hall–Kier alpha value is -3.29. The van der Waals surface area contributed by atoms with Crippen LogP contribution in [-0.4, -0.2) is 35.4 Å². The van der Waals surface area contributed by atoms with Crippen LogP contribution in [-0.2, 0) is 16.0 Å². The number of hydrogen-bond donors (Lipinski definition) is 4. The smallest absolute Gasteiger partial charge is 0.247 e. The number of aryl methyl sites for hydroxylation is 1. The lowest BCUT2D eigenvalue weighted by molar-refractivity contribution is -0.127. The lowest BCUT2D eigenvalue weighted by Gasteiger charge is -2.21. The van der Waals surface area contributed by atoms with E-state index in [2.05, 4.69) is 15.6 Å². The van der Waals surface area contributed by atoms with Crippen LogP contribution < -0.4 is 22.1 Å². The summed E-state index contributed by atoms with van der Waals surface area (Å²) in [5, 5.41) is 6.62. The summed E-state index contributed by atoms with van der Waals surface area (Å²) in [4.78, 5) is 29.9. The minimum atomic E-state index is -0.719. The molecule has 2 aromatic carbocycles. The van der Waals surface area contributed by atoms with Crippen molar-refractivity contribution >= 4 is 28.4 Å². The molecule has 2 atom stereocenters. The van der Waals surface area contributed by atoms with Crippen molar-refractivity contribution in [3.8, 4) is 0 Å². The van der Waals surface area contributed by atoms with E-state index in [4.69, 9.17) is 11.5 Å². The van der Waals surface area contributed by atoms with Gasteiger partial charge in [0.15, 0.2) is 0 Å². The first-order valence-electron chi connectivity index (χ1n) is 10.5. The SMILES string of the molecule is NCCC[C@@H](N)C(=O)NC(CCc1ccccc1)C(=O)Nc1cnc2ccccc2c1. The molecule has 0 fully saturated rings. The van der Waals surface area contributed by atoms with Gasteiger partial charge in [-0.05, 0) is 49.9 Å². The van der Waals surface area contributed by atoms with Gasteiger partial charge in [0.1, 0.15) is 6.04 Å². The highest BCUT2D eigenvalue weighted by Gasteiger charge is 2.24. The van der Waals surface area contributed by atoms with Crippen molar-refractivity contribution in [1.82, 2.24) is 10.3 Å². The summed E-state index contributed by atoms with van der Waals surface area (Å²) in [6, 6.07) is 18.0. The minimum Gasteiger partial charge on any atom is -0.343 e. The predicted octanol–water partition coefficient (Wildman–Crippen LogP) is 2.36. The van der Waals surface area contributed by atoms with Crippen molar-refractivity contribution in [3.05, 3.63) is 72.4 Å². The number of rotatable bonds is 10. The minimum absolute atomic E-state index is 0.299. The van der Waals surface area contributed by atoms with Gasteiger partial charge in [0, 0.05) is 5.39 Å². The van der Waals surface area contributed by atoms with Gasteiger partial charge in [-0.25, -0.2) is 0 Å². The molecule has 2 amide bonds. The Morgan fingerprint density at radius 2 is 1.71 bits per heavy atom. The fraction of sp³-hybridized carbons (Fsp3) is 0.292. The van der Waals surface area contributed by atoms with E-state index in [1.54, 1.807) is 6.20 Å². The van der Waals surface area contributed by atoms with E-state index in [1.807, 2.05) is 60.7 Å². The number of benzene rings is 2. The molecule has 31 heavy (non-hydrogen) atoms. The second-order valence-electron chi connectivity index (χ2n) is 7.53. The highest BCUT2D eigenvalue weighted by molar-refractivity contribution is 5.98. The molecule has 0 bridgehead atoms. The predicted molar refractivity (Wildman–Crippen MR) is 123 cm³/mol. The van der Waals surface area contributed by atoms with Gasteiger partial charge in [-0.15, -0.1) is 0 Å². The van der Waals surface area contributed by atoms with Gasteiger partial charge >= 0.3 is 0 Å². The lowest BCUT2D eigenvalue weighted by atomic mass is 10.0. The van der Waals surface area contributed by atoms with Crippen LogP contribution in [0.25, 0.3) is 10.9 Å². The van der Waals surface area contributed by atoms with Crippen molar-refractivity contribution < 1.29 is 9.59 Å². The summed E-state index contributed by atoms with van der Waals surface area (Å²) in [6.07, 6.45) is 3.84. The van der Waals surface area contributed by atoms with Crippen molar-refractivity contribution in [2.75, 3.05) is 11.9 Å². The summed E-state index contributed by atoms with van der Waals surface area (Å²) in [7, 11) is 0. The molecule has 162 valence electrons. The number of hydrogen-bond acceptors (Lipinski definition) is 5. The van der Waals surface area contributed by atoms with E-state index in [9.17, 15) is 9.59 Å². The van der Waals surface area contributed by atoms with E-state index < -0.39 is 12.1 Å². The Morgan fingerprint density at radius 3 is 2.48 bits per heavy atom. The molecule has 0 saturated heterocycles. The number of nitrogens with one attached hydrogen (secondary N) is 2. The topological polar surface area (TPSA) is 123 Å². The third kappa shape index (κ3) is 6.60. The molecule has 3 rings (SSSR count). The van der Waals surface area contributed by atoms with Crippen LogP contribution >= 0.6 is 0 Å². The number of pyridine rings is 1. The first-order valence-corrected chi connectivity index (χ1v) is 10.5. The van der Waals surface area contributed by atoms with Gasteiger partial charge in [-0.2, -0.15) is 0 Å². The Morgan fingerprint density at radius 1 is 0.968 bits per heavy atom. The number of para-hydroxylation sites is 1. The maximum Gasteiger partial charge on any atom is 0.247 e. The van der Waals surface area contributed by atoms with E-state index in [-0.39, 0.29) is 11.8 Å². The van der Waals surface area contributed by atoms with Gasteiger partial charge in [0.05, 0.1) is 23.4 Å². The van der Waals surface area contributed by atoms with Gasteiger partial charge in [0.2, 0.25) is 11.8 Å². The Balaban J connectivity index is 1.71. The fourth-order valence-corrected chi connectivity index (χ4v) is 3.34. The first kappa shape index (κ1) is 22.4. The largest absolute Gasteiger partial charge is 0.343 e. The molecule has 0 aliphatic carbocycles. The number of nitrogens with two attached hydrogens (primary N) is 2. The molecule has 0 spiro atoms. The molecule has 3 aromatic rings. The molecule has 0 radical (unpaired) electrons. The Kier molecular flexibility index (Phi) is 8.09. The lowest BCUT2D eigenvalue weighted by Crippen LogP contribution is -2.50. The maximum atomic E-state index is 13.0. The molecule has 1 unspecified atom stereocenters. The highest BCUT2D eigenvalue weighted by Crippen LogP contribution is 2.17. The second-order valence-corrected chi connectivity index (χ2v) is 7.53. The summed E-state index contributed by atoms with van der Waals surface area (Å²) in [5.41, 5.74) is 14.0. The number of amides is 2. The molecular formula is C24H29N5O2. The third-order valence-electron chi connectivity index (χ3n) is 5.11. The summed E-state index contributed by atoms with van der Waals surface area (Å²) >= 11 is 0. The van der Waals surface area contributed by atoms with E-state index in [0.717, 1.165) is 16.5 Å². The average molecular weight is 420 g/mol. The first-order chi connectivity index (χ1) is 15.1. The van der Waals surface area contributed by atoms with E-state index in [1.165, 1.54) is 0 Å². The number of aromatic nitrogens is 1. The second kappa shape index (κ2) is 11.2. The molecular weight excluding hydrogens is 390 g/mol.